The molecule has 1 fully saturated rings. The fourth-order valence-electron chi connectivity index (χ4n) is 3.32. The highest BCUT2D eigenvalue weighted by Gasteiger charge is 2.21. The second-order valence-electron chi connectivity index (χ2n) is 6.87. The molecule has 1 aromatic carbocycles. The van der Waals surface area contributed by atoms with Gasteiger partial charge in [-0.15, -0.1) is 0 Å². The summed E-state index contributed by atoms with van der Waals surface area (Å²) < 4.78 is 11.0. The van der Waals surface area contributed by atoms with Crippen molar-refractivity contribution < 1.29 is 18.7 Å². The van der Waals surface area contributed by atoms with Crippen molar-refractivity contribution in [3.05, 3.63) is 42.2 Å². The van der Waals surface area contributed by atoms with Gasteiger partial charge in [-0.25, -0.2) is 0 Å². The zero-order valence-electron chi connectivity index (χ0n) is 15.6. The number of amides is 2. The Morgan fingerprint density at radius 3 is 2.48 bits per heavy atom. The predicted molar refractivity (Wildman–Crippen MR) is 102 cm³/mol. The van der Waals surface area contributed by atoms with Gasteiger partial charge in [-0.3, -0.25) is 20.4 Å². The van der Waals surface area contributed by atoms with Crippen LogP contribution >= 0.6 is 0 Å². The zero-order valence-corrected chi connectivity index (χ0v) is 15.6. The number of hydrogen-bond acceptors (Lipinski definition) is 4. The first kappa shape index (κ1) is 19.0. The minimum absolute atomic E-state index is 0.0242. The summed E-state index contributed by atoms with van der Waals surface area (Å²) >= 11 is 0. The van der Waals surface area contributed by atoms with Crippen molar-refractivity contribution in [3.8, 4) is 17.1 Å². The summed E-state index contributed by atoms with van der Waals surface area (Å²) in [7, 11) is 1.63. The molecule has 0 bridgehead atoms. The molecule has 144 valence electrons. The smallest absolute Gasteiger partial charge is 0.241 e. The van der Waals surface area contributed by atoms with Gasteiger partial charge in [-0.1, -0.05) is 19.3 Å². The Bertz CT molecular complexity index is 761. The molecule has 27 heavy (non-hydrogen) atoms. The van der Waals surface area contributed by atoms with Crippen molar-refractivity contribution >= 4 is 11.8 Å². The summed E-state index contributed by atoms with van der Waals surface area (Å²) in [6, 6.07) is 11.4. The number of ether oxygens (including phenoxy) is 1. The lowest BCUT2D eigenvalue weighted by Gasteiger charge is -2.20. The van der Waals surface area contributed by atoms with Crippen LogP contribution < -0.4 is 15.6 Å². The normalized spacial score (nSPS) is 14.6. The van der Waals surface area contributed by atoms with Gasteiger partial charge in [0.05, 0.1) is 7.11 Å². The van der Waals surface area contributed by atoms with E-state index in [1.165, 1.54) is 6.42 Å². The van der Waals surface area contributed by atoms with Crippen LogP contribution in [0.3, 0.4) is 0 Å². The van der Waals surface area contributed by atoms with E-state index in [9.17, 15) is 9.59 Å². The van der Waals surface area contributed by atoms with Gasteiger partial charge in [0.15, 0.2) is 0 Å². The number of furan rings is 1. The van der Waals surface area contributed by atoms with E-state index < -0.39 is 0 Å². The molecule has 0 saturated heterocycles. The van der Waals surface area contributed by atoms with Crippen molar-refractivity contribution in [2.75, 3.05) is 7.11 Å². The number of carbonyl (C=O) groups excluding carboxylic acids is 2. The molecule has 0 atom stereocenters. The number of benzene rings is 1. The molecule has 0 radical (unpaired) electrons. The van der Waals surface area contributed by atoms with E-state index in [4.69, 9.17) is 9.15 Å². The summed E-state index contributed by atoms with van der Waals surface area (Å²) in [5.41, 5.74) is 6.01. The van der Waals surface area contributed by atoms with Crippen LogP contribution in [0, 0.1) is 5.92 Å². The van der Waals surface area contributed by atoms with E-state index >= 15 is 0 Å². The van der Waals surface area contributed by atoms with Crippen LogP contribution in [-0.4, -0.2) is 18.9 Å². The van der Waals surface area contributed by atoms with Crippen LogP contribution in [0.15, 0.2) is 40.8 Å². The van der Waals surface area contributed by atoms with Crippen molar-refractivity contribution in [1.82, 2.24) is 10.9 Å². The third-order valence-electron chi connectivity index (χ3n) is 4.94. The second-order valence-corrected chi connectivity index (χ2v) is 6.87. The van der Waals surface area contributed by atoms with E-state index in [1.54, 1.807) is 7.11 Å². The largest absolute Gasteiger partial charge is 0.497 e. The topological polar surface area (TPSA) is 80.6 Å². The van der Waals surface area contributed by atoms with E-state index in [-0.39, 0.29) is 24.2 Å². The molecule has 1 aromatic heterocycles. The van der Waals surface area contributed by atoms with Crippen LogP contribution in [0.25, 0.3) is 11.3 Å². The van der Waals surface area contributed by atoms with Gasteiger partial charge >= 0.3 is 0 Å². The van der Waals surface area contributed by atoms with Crippen LogP contribution in [0.2, 0.25) is 0 Å². The maximum Gasteiger partial charge on any atom is 0.241 e. The molecule has 1 aliphatic rings. The maximum atomic E-state index is 12.0. The lowest BCUT2D eigenvalue weighted by molar-refractivity contribution is -0.131. The van der Waals surface area contributed by atoms with Crippen LogP contribution in [-0.2, 0) is 16.0 Å². The summed E-state index contributed by atoms with van der Waals surface area (Å²) in [5, 5.41) is 0. The fourth-order valence-corrected chi connectivity index (χ4v) is 3.32. The Balaban J connectivity index is 1.43. The minimum Gasteiger partial charge on any atom is -0.497 e. The summed E-state index contributed by atoms with van der Waals surface area (Å²) in [4.78, 5) is 24.0. The van der Waals surface area contributed by atoms with Crippen molar-refractivity contribution in [1.29, 1.82) is 0 Å². The Morgan fingerprint density at radius 2 is 1.78 bits per heavy atom. The number of nitrogens with one attached hydrogen (secondary N) is 2. The van der Waals surface area contributed by atoms with Crippen LogP contribution in [0.5, 0.6) is 5.75 Å². The first-order valence-corrected chi connectivity index (χ1v) is 9.47. The third-order valence-corrected chi connectivity index (χ3v) is 4.94. The lowest BCUT2D eigenvalue weighted by Crippen LogP contribution is -2.45. The Morgan fingerprint density at radius 1 is 1.04 bits per heavy atom. The van der Waals surface area contributed by atoms with Crippen molar-refractivity contribution in [2.45, 2.75) is 44.9 Å². The average Bonchev–Trinajstić information content (AvgIpc) is 3.20. The average molecular weight is 370 g/mol. The SMILES string of the molecule is COc1ccc(-c2ccc(CCC(=O)NNC(=O)C3CCCCC3)o2)cc1. The van der Waals surface area contributed by atoms with Gasteiger partial charge in [0, 0.05) is 24.3 Å². The van der Waals surface area contributed by atoms with Gasteiger partial charge in [0.2, 0.25) is 11.8 Å². The first-order valence-electron chi connectivity index (χ1n) is 9.47. The molecule has 0 unspecified atom stereocenters. The van der Waals surface area contributed by atoms with Crippen molar-refractivity contribution in [3.63, 3.8) is 0 Å². The van der Waals surface area contributed by atoms with E-state index in [0.29, 0.717) is 6.42 Å². The number of rotatable bonds is 6. The molecular weight excluding hydrogens is 344 g/mol. The van der Waals surface area contributed by atoms with Gasteiger partial charge < -0.3 is 9.15 Å². The molecule has 3 rings (SSSR count). The summed E-state index contributed by atoms with van der Waals surface area (Å²) in [6.07, 6.45) is 5.90. The molecule has 6 nitrogen and oxygen atoms in total. The summed E-state index contributed by atoms with van der Waals surface area (Å²) in [5.74, 6) is 1.99. The molecule has 1 heterocycles. The number of carbonyl (C=O) groups is 2. The van der Waals surface area contributed by atoms with Gasteiger partial charge in [0.1, 0.15) is 17.3 Å². The first-order chi connectivity index (χ1) is 13.2. The molecule has 1 saturated carbocycles. The van der Waals surface area contributed by atoms with Crippen LogP contribution in [0.1, 0.15) is 44.3 Å². The number of hydrazine groups is 1. The number of aryl methyl sites for hydroxylation is 1. The monoisotopic (exact) mass is 370 g/mol. The second kappa shape index (κ2) is 9.26. The highest BCUT2D eigenvalue weighted by Crippen LogP contribution is 2.25. The number of hydrogen-bond donors (Lipinski definition) is 2. The summed E-state index contributed by atoms with van der Waals surface area (Å²) in [6.45, 7) is 0. The molecule has 0 spiro atoms. The predicted octanol–water partition coefficient (Wildman–Crippen LogP) is 3.62. The molecule has 2 amide bonds. The minimum atomic E-state index is -0.221. The standard InChI is InChI=1S/C21H26N2O4/c1-26-17-9-7-15(8-10-17)19-13-11-18(27-19)12-14-20(24)22-23-21(25)16-5-3-2-4-6-16/h7-11,13,16H,2-6,12,14H2,1H3,(H,22,24)(H,23,25). The maximum absolute atomic E-state index is 12.0. The third kappa shape index (κ3) is 5.36. The quantitative estimate of drug-likeness (QED) is 0.761. The molecule has 2 N–H and O–H groups in total. The highest BCUT2D eigenvalue weighted by atomic mass is 16.5. The highest BCUT2D eigenvalue weighted by molar-refractivity contribution is 5.83. The van der Waals surface area contributed by atoms with Gasteiger partial charge in [-0.05, 0) is 49.2 Å². The molecular formula is C21H26N2O4. The molecule has 6 heteroatoms. The zero-order chi connectivity index (χ0) is 19.1. The Kier molecular flexibility index (Phi) is 6.52. The van der Waals surface area contributed by atoms with Crippen LogP contribution in [0.4, 0.5) is 0 Å². The van der Waals surface area contributed by atoms with Gasteiger partial charge in [-0.2, -0.15) is 0 Å². The Hall–Kier alpha value is -2.76. The van der Waals surface area contributed by atoms with Crippen molar-refractivity contribution in [2.24, 2.45) is 5.92 Å². The fraction of sp³-hybridized carbons (Fsp3) is 0.429. The Labute approximate surface area is 159 Å². The number of methoxy groups -OCH3 is 1. The van der Waals surface area contributed by atoms with E-state index in [0.717, 1.165) is 48.5 Å². The molecule has 2 aromatic rings. The molecule has 0 aliphatic heterocycles. The van der Waals surface area contributed by atoms with E-state index in [1.807, 2.05) is 36.4 Å². The van der Waals surface area contributed by atoms with E-state index in [2.05, 4.69) is 10.9 Å². The lowest BCUT2D eigenvalue weighted by atomic mass is 9.89. The molecule has 1 aliphatic carbocycles. The van der Waals surface area contributed by atoms with Gasteiger partial charge in [0.25, 0.3) is 0 Å².